The Labute approximate surface area is 370 Å². The number of hydrogen-bond acceptors (Lipinski definition) is 1. The highest BCUT2D eigenvalue weighted by Gasteiger charge is 2.36. The van der Waals surface area contributed by atoms with Gasteiger partial charge in [0.2, 0.25) is 0 Å². The monoisotopic (exact) mass is 721 g/mol. The first-order valence-corrected chi connectivity index (χ1v) is 15.4. The van der Waals surface area contributed by atoms with E-state index in [0.717, 1.165) is 0 Å². The summed E-state index contributed by atoms with van der Waals surface area (Å²) >= 11 is 0. The zero-order chi connectivity index (χ0) is 71.1. The first-order valence-electron chi connectivity index (χ1n) is 35.9. The van der Waals surface area contributed by atoms with E-state index < -0.39 is 308 Å². The lowest BCUT2D eigenvalue weighted by atomic mass is 9.67. The second kappa shape index (κ2) is 11.7. The Kier molecular flexibility index (Phi) is 2.31. The van der Waals surface area contributed by atoms with Gasteiger partial charge in [0.15, 0.2) is 0 Å². The average molecular weight is 721 g/mol. The molecule has 8 aromatic rings. The van der Waals surface area contributed by atoms with Crippen molar-refractivity contribution in [1.82, 2.24) is 0 Å². The summed E-state index contributed by atoms with van der Waals surface area (Å²) in [5.41, 5.74) is -26.5. The fourth-order valence-corrected chi connectivity index (χ4v) is 6.40. The number of hydrogen-bond donors (Lipinski definition) is 0. The fraction of sp³-hybridized carbons (Fsp3) is 0.115. The molecule has 0 saturated carbocycles. The minimum Gasteiger partial charge on any atom is -0.310 e. The molecule has 254 valence electrons. The van der Waals surface area contributed by atoms with Gasteiger partial charge in [-0.3, -0.25) is 0 Å². The molecule has 1 nitrogen and oxygen atoms in total. The van der Waals surface area contributed by atoms with Crippen LogP contribution in [0.4, 0.5) is 17.1 Å². The van der Waals surface area contributed by atoms with Crippen LogP contribution in [0, 0.1) is 0 Å². The van der Waals surface area contributed by atoms with E-state index in [-0.39, 0.29) is 4.90 Å². The molecule has 0 aromatic heterocycles. The van der Waals surface area contributed by atoms with Crippen molar-refractivity contribution in [1.29, 1.82) is 0 Å². The number of fused-ring (bicyclic) bond motifs is 5. The Bertz CT molecular complexity index is 4720. The second-order valence-corrected chi connectivity index (χ2v) is 11.8. The van der Waals surface area contributed by atoms with E-state index in [0.29, 0.717) is 0 Å². The molecule has 2 aliphatic carbocycles. The Hall–Kier alpha value is -6.18. The quantitative estimate of drug-likeness (QED) is 0.171. The van der Waals surface area contributed by atoms with Gasteiger partial charge >= 0.3 is 0 Å². The van der Waals surface area contributed by atoms with Crippen molar-refractivity contribution in [3.63, 3.8) is 0 Å². The van der Waals surface area contributed by atoms with Gasteiger partial charge in [-0.15, -0.1) is 0 Å². The highest BCUT2D eigenvalue weighted by atomic mass is 15.1. The third-order valence-corrected chi connectivity index (χ3v) is 8.76. The van der Waals surface area contributed by atoms with Crippen LogP contribution in [0.1, 0.15) is 106 Å². The molecule has 8 aromatic carbocycles. The van der Waals surface area contributed by atoms with Crippen LogP contribution in [-0.4, -0.2) is 0 Å². The molecule has 53 heavy (non-hydrogen) atoms. The first-order chi connectivity index (χ1) is 42.9. The van der Waals surface area contributed by atoms with Gasteiger partial charge in [0, 0.05) is 44.3 Å². The van der Waals surface area contributed by atoms with Crippen molar-refractivity contribution in [2.75, 3.05) is 4.90 Å². The van der Waals surface area contributed by atoms with E-state index in [2.05, 4.69) is 0 Å². The number of benzene rings is 8. The molecule has 0 atom stereocenters. The fourth-order valence-electron chi connectivity index (χ4n) is 6.40. The van der Waals surface area contributed by atoms with E-state index in [9.17, 15) is 20.6 Å². The predicted molar refractivity (Wildman–Crippen MR) is 225 cm³/mol. The third-order valence-electron chi connectivity index (χ3n) is 8.76. The second-order valence-electron chi connectivity index (χ2n) is 11.8. The number of nitrogens with zero attached hydrogens (tertiary/aromatic N) is 1. The van der Waals surface area contributed by atoms with E-state index in [1.165, 1.54) is 0 Å². The van der Waals surface area contributed by atoms with Crippen molar-refractivity contribution in [2.45, 2.75) is 38.2 Å². The van der Waals surface area contributed by atoms with Gasteiger partial charge in [0.25, 0.3) is 0 Å². The summed E-state index contributed by atoms with van der Waals surface area (Å²) in [6, 6.07) is -38.4. The highest BCUT2D eigenvalue weighted by molar-refractivity contribution is 6.09. The van der Waals surface area contributed by atoms with Crippen LogP contribution in [0.2, 0.25) is 0 Å². The van der Waals surface area contributed by atoms with Crippen LogP contribution in [0.3, 0.4) is 0 Å². The van der Waals surface area contributed by atoms with E-state index in [1.54, 1.807) is 0 Å². The molecule has 2 aliphatic rings. The summed E-state index contributed by atoms with van der Waals surface area (Å²) in [4.78, 5) is 0.0816. The van der Waals surface area contributed by atoms with E-state index >= 15 is 0 Å². The van der Waals surface area contributed by atoms with Crippen molar-refractivity contribution >= 4 is 27.8 Å². The standard InChI is InChI=1S/C52H41N/c1-51(2)46-31-25-37(32-44(46)50-41(35-14-7-5-8-15-35)29-24-36-16-13-21-47(51)49(36)50)34-22-26-39(27-23-34)53(38-17-9-6-10-18-38)40-28-30-43-42-19-11-12-20-45(42)52(3,4)48(43)33-40/h5-33H,1-4H3/i1D3,2D3,3D3,4D3,5D,6D,7D,8D,9D,10D,11D,12D,13D,14D,15D,16D,17D,18D,19D,20D,21D,22D,23D,24D,25D,26D,27D,28D,29D,30D,31D,32D,33D. The average Bonchev–Trinajstić information content (AvgIpc) is 0.894. The molecule has 0 N–H and O–H groups in total. The van der Waals surface area contributed by atoms with E-state index in [1.807, 2.05) is 0 Å². The molecule has 1 heteroatoms. The molecule has 0 bridgehead atoms. The van der Waals surface area contributed by atoms with Crippen molar-refractivity contribution in [3.05, 3.63) is 197 Å². The van der Waals surface area contributed by atoms with Crippen LogP contribution < -0.4 is 4.90 Å². The van der Waals surface area contributed by atoms with E-state index in [4.69, 9.17) is 35.6 Å². The molecule has 0 saturated heterocycles. The molecule has 0 aliphatic heterocycles. The van der Waals surface area contributed by atoms with Gasteiger partial charge in [0.05, 0.1) is 39.8 Å². The number of anilines is 3. The minimum atomic E-state index is -4.17. The van der Waals surface area contributed by atoms with Crippen LogP contribution >= 0.6 is 0 Å². The smallest absolute Gasteiger partial charge is 0.0648 e. The molecule has 0 amide bonds. The number of para-hydroxylation sites is 1. The highest BCUT2D eigenvalue weighted by Crippen LogP contribution is 2.53. The summed E-state index contributed by atoms with van der Waals surface area (Å²) < 4.78 is 374. The van der Waals surface area contributed by atoms with Gasteiger partial charge < -0.3 is 4.90 Å². The molecular weight excluding hydrogens is 639 g/mol. The summed E-state index contributed by atoms with van der Waals surface area (Å²) in [6.45, 7) is -16.5. The Balaban J connectivity index is 1.45. The molecule has 10 rings (SSSR count). The summed E-state index contributed by atoms with van der Waals surface area (Å²) in [6.07, 6.45) is 0. The molecule has 0 heterocycles. The zero-order valence-electron chi connectivity index (χ0n) is 67.4. The third kappa shape index (κ3) is 4.77. The summed E-state index contributed by atoms with van der Waals surface area (Å²) in [5.74, 6) is 0. The zero-order valence-corrected chi connectivity index (χ0v) is 26.4. The van der Waals surface area contributed by atoms with Crippen molar-refractivity contribution < 1.29 is 56.2 Å². The largest absolute Gasteiger partial charge is 0.310 e. The lowest BCUT2D eigenvalue weighted by Crippen LogP contribution is -2.24. The van der Waals surface area contributed by atoms with Crippen molar-refractivity contribution in [3.8, 4) is 44.5 Å². The summed E-state index contributed by atoms with van der Waals surface area (Å²) in [7, 11) is 0. The lowest BCUT2D eigenvalue weighted by Gasteiger charge is -2.36. The Morgan fingerprint density at radius 2 is 1.00 bits per heavy atom. The van der Waals surface area contributed by atoms with Crippen LogP contribution in [-0.2, 0) is 10.8 Å². The molecular formula is C52H41N. The van der Waals surface area contributed by atoms with Gasteiger partial charge in [-0.25, -0.2) is 0 Å². The SMILES string of the molecule is [2H]c1c([2H])c([2H])c(-c2c([2H])c([2H])c3c([2H])c([2H])c([2H])c4c3c2-c2c([2H])c(-c3c([2H])c([2H])c(N(c5c([2H])c([2H])c([2H])c([2H])c5[2H])c5c([2H])c([2H])c6c(c5[2H])C(C([2H])([2H])[2H])(C([2H])([2H])[2H])c5c([2H])c([2H])c([2H])c([2H])c5-6)c([2H])c3[2H])c([2H])c([2H])c2C4(C([2H])([2H])[2H])C([2H])([2H])[2H])c([2H])c1[2H]. The minimum absolute atomic E-state index is 0.0816. The molecule has 0 fully saturated rings. The summed E-state index contributed by atoms with van der Waals surface area (Å²) in [5, 5.41) is -2.04. The van der Waals surface area contributed by atoms with Crippen molar-refractivity contribution in [2.24, 2.45) is 0 Å². The maximum absolute atomic E-state index is 10.2. The van der Waals surface area contributed by atoms with Gasteiger partial charge in [0.1, 0.15) is 0 Å². The number of rotatable bonds is 5. The molecule has 0 spiro atoms. The first kappa shape index (κ1) is 10.5. The predicted octanol–water partition coefficient (Wildman–Crippen LogP) is 14.3. The normalized spacial score (nSPS) is 26.3. The van der Waals surface area contributed by atoms with Gasteiger partial charge in [-0.1, -0.05) is 160 Å². The van der Waals surface area contributed by atoms with Crippen LogP contribution in [0.25, 0.3) is 55.3 Å². The maximum atomic E-state index is 10.2. The topological polar surface area (TPSA) is 3.24 Å². The molecule has 0 radical (unpaired) electrons. The Morgan fingerprint density at radius 1 is 0.396 bits per heavy atom. The van der Waals surface area contributed by atoms with Crippen LogP contribution in [0.15, 0.2) is 175 Å². The van der Waals surface area contributed by atoms with Gasteiger partial charge in [-0.05, 0) is 120 Å². The maximum Gasteiger partial charge on any atom is 0.0648 e. The van der Waals surface area contributed by atoms with Crippen LogP contribution in [0.5, 0.6) is 0 Å². The Morgan fingerprint density at radius 3 is 1.79 bits per heavy atom. The lowest BCUT2D eigenvalue weighted by molar-refractivity contribution is 0.645. The molecule has 0 unspecified atom stereocenters. The van der Waals surface area contributed by atoms with Gasteiger partial charge in [-0.2, -0.15) is 0 Å².